The van der Waals surface area contributed by atoms with E-state index in [1.54, 1.807) is 31.4 Å². The van der Waals surface area contributed by atoms with Crippen molar-refractivity contribution in [3.05, 3.63) is 41.7 Å². The molecule has 1 amide bonds. The molecule has 106 valence electrons. The highest BCUT2D eigenvalue weighted by Crippen LogP contribution is 2.08. The molecule has 2 heterocycles. The highest BCUT2D eigenvalue weighted by atomic mass is 16.3. The molecule has 0 spiro atoms. The van der Waals surface area contributed by atoms with E-state index in [2.05, 4.69) is 20.6 Å². The van der Waals surface area contributed by atoms with Crippen LogP contribution < -0.4 is 10.6 Å². The minimum Gasteiger partial charge on any atom is -0.467 e. The predicted octanol–water partition coefficient (Wildman–Crippen LogP) is 2.13. The van der Waals surface area contributed by atoms with Gasteiger partial charge in [-0.05, 0) is 32.9 Å². The molecule has 2 rings (SSSR count). The highest BCUT2D eigenvalue weighted by Gasteiger charge is 2.11. The van der Waals surface area contributed by atoms with Gasteiger partial charge in [-0.2, -0.15) is 0 Å². The van der Waals surface area contributed by atoms with Gasteiger partial charge in [-0.3, -0.25) is 4.79 Å². The van der Waals surface area contributed by atoms with Gasteiger partial charge < -0.3 is 15.1 Å². The van der Waals surface area contributed by atoms with E-state index in [1.165, 1.54) is 0 Å². The van der Waals surface area contributed by atoms with Crippen molar-refractivity contribution in [1.82, 2.24) is 15.3 Å². The van der Waals surface area contributed by atoms with E-state index in [1.807, 2.05) is 13.8 Å². The summed E-state index contributed by atoms with van der Waals surface area (Å²) >= 11 is 0. The Bertz CT molecular complexity index is 579. The van der Waals surface area contributed by atoms with Crippen LogP contribution in [0.1, 0.15) is 35.9 Å². The van der Waals surface area contributed by atoms with E-state index < -0.39 is 0 Å². The number of aromatic nitrogens is 2. The third kappa shape index (κ3) is 3.81. The largest absolute Gasteiger partial charge is 0.467 e. The predicted molar refractivity (Wildman–Crippen MR) is 75.4 cm³/mol. The molecule has 2 aromatic heterocycles. The Hall–Kier alpha value is -2.37. The number of carbonyl (C=O) groups is 1. The van der Waals surface area contributed by atoms with E-state index in [-0.39, 0.29) is 11.9 Å². The zero-order valence-electron chi connectivity index (χ0n) is 11.8. The van der Waals surface area contributed by atoms with Gasteiger partial charge in [0.2, 0.25) is 0 Å². The average Bonchev–Trinajstić information content (AvgIpc) is 2.87. The molecule has 0 unspecified atom stereocenters. The van der Waals surface area contributed by atoms with Crippen molar-refractivity contribution in [3.63, 3.8) is 0 Å². The van der Waals surface area contributed by atoms with Crippen LogP contribution in [0.15, 0.2) is 28.9 Å². The van der Waals surface area contributed by atoms with Crippen LogP contribution in [0.3, 0.4) is 0 Å². The third-order valence-corrected chi connectivity index (χ3v) is 2.51. The number of carbonyl (C=O) groups excluding carboxylic acids is 1. The fraction of sp³-hybridized carbons (Fsp3) is 0.357. The Morgan fingerprint density at radius 1 is 1.40 bits per heavy atom. The number of nitrogens with zero attached hydrogens (tertiary/aromatic N) is 2. The number of furan rings is 1. The smallest absolute Gasteiger partial charge is 0.270 e. The van der Waals surface area contributed by atoms with Crippen LogP contribution in [-0.4, -0.2) is 21.9 Å². The van der Waals surface area contributed by atoms with Crippen LogP contribution in [-0.2, 0) is 6.54 Å². The van der Waals surface area contributed by atoms with Gasteiger partial charge in [-0.1, -0.05) is 0 Å². The first-order valence-corrected chi connectivity index (χ1v) is 6.47. The fourth-order valence-electron chi connectivity index (χ4n) is 1.72. The normalized spacial score (nSPS) is 10.6. The summed E-state index contributed by atoms with van der Waals surface area (Å²) in [4.78, 5) is 20.5. The van der Waals surface area contributed by atoms with Gasteiger partial charge in [0.15, 0.2) is 0 Å². The Balaban J connectivity index is 2.06. The summed E-state index contributed by atoms with van der Waals surface area (Å²) in [7, 11) is 0. The first-order valence-electron chi connectivity index (χ1n) is 6.47. The summed E-state index contributed by atoms with van der Waals surface area (Å²) in [6, 6.07) is 5.46. The van der Waals surface area contributed by atoms with E-state index in [0.29, 0.717) is 29.6 Å². The molecule has 0 saturated heterocycles. The molecular weight excluding hydrogens is 256 g/mol. The molecule has 2 N–H and O–H groups in total. The van der Waals surface area contributed by atoms with Crippen molar-refractivity contribution in [1.29, 1.82) is 0 Å². The SMILES string of the molecule is Cc1nc(NC(C)C)cc(C(=O)NCc2ccco2)n1. The lowest BCUT2D eigenvalue weighted by atomic mass is 10.3. The maximum Gasteiger partial charge on any atom is 0.270 e. The van der Waals surface area contributed by atoms with Gasteiger partial charge in [0.25, 0.3) is 5.91 Å². The average molecular weight is 274 g/mol. The second-order valence-corrected chi connectivity index (χ2v) is 4.75. The molecule has 0 bridgehead atoms. The molecule has 0 aliphatic heterocycles. The molecule has 6 nitrogen and oxygen atoms in total. The van der Waals surface area contributed by atoms with Gasteiger partial charge in [0.05, 0.1) is 12.8 Å². The molecule has 0 aliphatic carbocycles. The number of rotatable bonds is 5. The zero-order valence-corrected chi connectivity index (χ0v) is 11.8. The second-order valence-electron chi connectivity index (χ2n) is 4.75. The molecule has 2 aromatic rings. The summed E-state index contributed by atoms with van der Waals surface area (Å²) in [5, 5.41) is 5.92. The monoisotopic (exact) mass is 274 g/mol. The number of nitrogens with one attached hydrogen (secondary N) is 2. The van der Waals surface area contributed by atoms with Crippen molar-refractivity contribution < 1.29 is 9.21 Å². The van der Waals surface area contributed by atoms with E-state index >= 15 is 0 Å². The molecule has 0 aliphatic rings. The molecule has 20 heavy (non-hydrogen) atoms. The minimum atomic E-state index is -0.251. The standard InChI is InChI=1S/C14H18N4O2/c1-9(2)16-13-7-12(17-10(3)18-13)14(19)15-8-11-5-4-6-20-11/h4-7,9H,8H2,1-3H3,(H,15,19)(H,16,17,18). The molecule has 0 radical (unpaired) electrons. The van der Waals surface area contributed by atoms with Crippen molar-refractivity contribution in [2.45, 2.75) is 33.4 Å². The van der Waals surface area contributed by atoms with Gasteiger partial charge in [-0.25, -0.2) is 9.97 Å². The van der Waals surface area contributed by atoms with Crippen LogP contribution in [0.25, 0.3) is 0 Å². The summed E-state index contributed by atoms with van der Waals surface area (Å²) < 4.78 is 5.16. The first-order chi connectivity index (χ1) is 9.54. The van der Waals surface area contributed by atoms with Crippen LogP contribution in [0.5, 0.6) is 0 Å². The van der Waals surface area contributed by atoms with E-state index in [4.69, 9.17) is 4.42 Å². The number of anilines is 1. The fourth-order valence-corrected chi connectivity index (χ4v) is 1.72. The minimum absolute atomic E-state index is 0.239. The first kappa shape index (κ1) is 14.0. The topological polar surface area (TPSA) is 80.0 Å². The van der Waals surface area contributed by atoms with E-state index in [9.17, 15) is 4.79 Å². The molecule has 0 aromatic carbocycles. The van der Waals surface area contributed by atoms with Gasteiger partial charge in [0.1, 0.15) is 23.1 Å². The third-order valence-electron chi connectivity index (χ3n) is 2.51. The lowest BCUT2D eigenvalue weighted by Crippen LogP contribution is -2.24. The maximum atomic E-state index is 12.1. The van der Waals surface area contributed by atoms with Crippen LogP contribution >= 0.6 is 0 Å². The van der Waals surface area contributed by atoms with E-state index in [0.717, 1.165) is 0 Å². The Morgan fingerprint density at radius 3 is 2.85 bits per heavy atom. The summed E-state index contributed by atoms with van der Waals surface area (Å²) in [6.07, 6.45) is 1.57. The van der Waals surface area contributed by atoms with Crippen molar-refractivity contribution in [2.24, 2.45) is 0 Å². The lowest BCUT2D eigenvalue weighted by Gasteiger charge is -2.11. The Kier molecular flexibility index (Phi) is 4.34. The van der Waals surface area contributed by atoms with Crippen LogP contribution in [0, 0.1) is 6.92 Å². The van der Waals surface area contributed by atoms with Crippen molar-refractivity contribution >= 4 is 11.7 Å². The summed E-state index contributed by atoms with van der Waals surface area (Å²) in [5.74, 6) is 1.65. The number of aryl methyl sites for hydroxylation is 1. The van der Waals surface area contributed by atoms with Crippen LogP contribution in [0.2, 0.25) is 0 Å². The lowest BCUT2D eigenvalue weighted by molar-refractivity contribution is 0.0942. The Morgan fingerprint density at radius 2 is 2.20 bits per heavy atom. The molecule has 0 fully saturated rings. The van der Waals surface area contributed by atoms with Crippen LogP contribution in [0.4, 0.5) is 5.82 Å². The second kappa shape index (κ2) is 6.18. The summed E-state index contributed by atoms with van der Waals surface area (Å²) in [6.45, 7) is 6.11. The van der Waals surface area contributed by atoms with Crippen molar-refractivity contribution in [3.8, 4) is 0 Å². The van der Waals surface area contributed by atoms with Crippen molar-refractivity contribution in [2.75, 3.05) is 5.32 Å². The molecular formula is C14H18N4O2. The van der Waals surface area contributed by atoms with Gasteiger partial charge in [0, 0.05) is 12.1 Å². The molecule has 6 heteroatoms. The van der Waals surface area contributed by atoms with Gasteiger partial charge in [-0.15, -0.1) is 0 Å². The number of hydrogen-bond donors (Lipinski definition) is 2. The quantitative estimate of drug-likeness (QED) is 0.873. The Labute approximate surface area is 117 Å². The molecule has 0 saturated carbocycles. The zero-order chi connectivity index (χ0) is 14.5. The number of hydrogen-bond acceptors (Lipinski definition) is 5. The van der Waals surface area contributed by atoms with Gasteiger partial charge >= 0.3 is 0 Å². The summed E-state index contributed by atoms with van der Waals surface area (Å²) in [5.41, 5.74) is 0.340. The maximum absolute atomic E-state index is 12.1. The highest BCUT2D eigenvalue weighted by molar-refractivity contribution is 5.92. The molecule has 0 atom stereocenters. The number of amides is 1.